The summed E-state index contributed by atoms with van der Waals surface area (Å²) in [6.45, 7) is 3.27. The number of hydrogen-bond donors (Lipinski definition) is 1. The van der Waals surface area contributed by atoms with E-state index >= 15 is 0 Å². The van der Waals surface area contributed by atoms with Gasteiger partial charge in [-0.3, -0.25) is 4.79 Å². The van der Waals surface area contributed by atoms with E-state index in [0.29, 0.717) is 0 Å². The van der Waals surface area contributed by atoms with Crippen LogP contribution in [0.4, 0.5) is 13.2 Å². The lowest BCUT2D eigenvalue weighted by atomic mass is 10.1. The van der Waals surface area contributed by atoms with Crippen LogP contribution >= 0.6 is 0 Å². The van der Waals surface area contributed by atoms with Crippen molar-refractivity contribution in [2.45, 2.75) is 6.18 Å². The fourth-order valence-electron chi connectivity index (χ4n) is 0.987. The molecule has 1 N–H and O–H groups in total. The van der Waals surface area contributed by atoms with Gasteiger partial charge in [-0.25, -0.2) is 0 Å². The van der Waals surface area contributed by atoms with E-state index in [1.807, 2.05) is 0 Å². The Morgan fingerprint density at radius 1 is 1.27 bits per heavy atom. The molecule has 15 heavy (non-hydrogen) atoms. The summed E-state index contributed by atoms with van der Waals surface area (Å²) in [5.74, 6) is -0.487. The largest absolute Gasteiger partial charge is 0.416 e. The van der Waals surface area contributed by atoms with Crippen LogP contribution in [0.5, 0.6) is 0 Å². The Kier molecular flexibility index (Phi) is 3.14. The minimum atomic E-state index is -4.38. The van der Waals surface area contributed by atoms with Gasteiger partial charge in [0.05, 0.1) is 5.56 Å². The van der Waals surface area contributed by atoms with Gasteiger partial charge in [0.15, 0.2) is 0 Å². The van der Waals surface area contributed by atoms with Crippen molar-refractivity contribution in [1.29, 1.82) is 0 Å². The molecule has 0 aliphatic heterocycles. The van der Waals surface area contributed by atoms with E-state index in [1.165, 1.54) is 6.20 Å². The normalized spacial score (nSPS) is 10.9. The van der Waals surface area contributed by atoms with Crippen molar-refractivity contribution in [3.8, 4) is 0 Å². The van der Waals surface area contributed by atoms with Crippen LogP contribution in [0.1, 0.15) is 15.9 Å². The average Bonchev–Trinajstić information content (AvgIpc) is 2.17. The highest BCUT2D eigenvalue weighted by Gasteiger charge is 2.30. The fraction of sp³-hybridized carbons (Fsp3) is 0.100. The summed E-state index contributed by atoms with van der Waals surface area (Å²) in [5.41, 5.74) is -0.624. The van der Waals surface area contributed by atoms with Crippen molar-refractivity contribution >= 4 is 5.91 Å². The summed E-state index contributed by atoms with van der Waals surface area (Å²) in [6.07, 6.45) is -3.21. The van der Waals surface area contributed by atoms with Crippen molar-refractivity contribution in [3.63, 3.8) is 0 Å². The first kappa shape index (κ1) is 11.3. The Morgan fingerprint density at radius 2 is 1.80 bits per heavy atom. The van der Waals surface area contributed by atoms with Crippen molar-refractivity contribution in [2.24, 2.45) is 0 Å². The Bertz CT molecular complexity index is 367. The van der Waals surface area contributed by atoms with Crippen LogP contribution in [0, 0.1) is 0 Å². The van der Waals surface area contributed by atoms with Crippen LogP contribution in [0.3, 0.4) is 0 Å². The van der Waals surface area contributed by atoms with Crippen LogP contribution in [-0.2, 0) is 6.18 Å². The van der Waals surface area contributed by atoms with Crippen molar-refractivity contribution < 1.29 is 18.0 Å². The zero-order valence-electron chi connectivity index (χ0n) is 7.64. The van der Waals surface area contributed by atoms with Crippen LogP contribution in [-0.4, -0.2) is 5.91 Å². The Balaban J connectivity index is 2.90. The maximum absolute atomic E-state index is 12.2. The zero-order chi connectivity index (χ0) is 11.5. The lowest BCUT2D eigenvalue weighted by molar-refractivity contribution is -0.137. The topological polar surface area (TPSA) is 29.1 Å². The van der Waals surface area contributed by atoms with Crippen molar-refractivity contribution in [1.82, 2.24) is 5.32 Å². The second-order valence-corrected chi connectivity index (χ2v) is 2.75. The highest BCUT2D eigenvalue weighted by Crippen LogP contribution is 2.28. The van der Waals surface area contributed by atoms with Crippen molar-refractivity contribution in [2.75, 3.05) is 0 Å². The standard InChI is InChI=1S/C10H8F3NO/c1-2-14-9(15)7-3-5-8(6-4-7)10(11,12)13/h2-6H,1H2,(H,14,15). The summed E-state index contributed by atoms with van der Waals surface area (Å²) >= 11 is 0. The molecule has 0 spiro atoms. The Morgan fingerprint density at radius 3 is 2.20 bits per heavy atom. The van der Waals surface area contributed by atoms with Crippen LogP contribution in [0.25, 0.3) is 0 Å². The van der Waals surface area contributed by atoms with Gasteiger partial charge in [-0.05, 0) is 30.5 Å². The number of carbonyl (C=O) groups is 1. The van der Waals surface area contributed by atoms with Gasteiger partial charge in [-0.2, -0.15) is 13.2 Å². The number of rotatable bonds is 2. The minimum Gasteiger partial charge on any atom is -0.329 e. The smallest absolute Gasteiger partial charge is 0.329 e. The first-order valence-electron chi connectivity index (χ1n) is 4.04. The minimum absolute atomic E-state index is 0.155. The Labute approximate surface area is 84.4 Å². The predicted octanol–water partition coefficient (Wildman–Crippen LogP) is 2.58. The molecule has 0 unspecified atom stereocenters. The average molecular weight is 215 g/mol. The van der Waals surface area contributed by atoms with Crippen LogP contribution in [0.15, 0.2) is 37.0 Å². The number of nitrogens with one attached hydrogen (secondary N) is 1. The maximum Gasteiger partial charge on any atom is 0.416 e. The first-order valence-corrected chi connectivity index (χ1v) is 4.04. The maximum atomic E-state index is 12.2. The molecule has 0 aliphatic carbocycles. The number of amides is 1. The van der Waals surface area contributed by atoms with Gasteiger partial charge in [0.25, 0.3) is 5.91 Å². The molecule has 0 fully saturated rings. The summed E-state index contributed by atoms with van der Waals surface area (Å²) in [7, 11) is 0. The molecule has 0 atom stereocenters. The molecule has 1 amide bonds. The highest BCUT2D eigenvalue weighted by molar-refractivity contribution is 5.94. The third-order valence-corrected chi connectivity index (χ3v) is 1.71. The van der Waals surface area contributed by atoms with E-state index in [9.17, 15) is 18.0 Å². The number of benzene rings is 1. The van der Waals surface area contributed by atoms with Gasteiger partial charge in [0.1, 0.15) is 0 Å². The monoisotopic (exact) mass is 215 g/mol. The van der Waals surface area contributed by atoms with Gasteiger partial charge in [0, 0.05) is 5.56 Å². The molecular weight excluding hydrogens is 207 g/mol. The molecule has 5 heteroatoms. The lowest BCUT2D eigenvalue weighted by Crippen LogP contribution is -2.16. The summed E-state index contributed by atoms with van der Waals surface area (Å²) in [5, 5.41) is 2.26. The number of carbonyl (C=O) groups excluding carboxylic acids is 1. The molecule has 0 radical (unpaired) electrons. The zero-order valence-corrected chi connectivity index (χ0v) is 7.64. The molecule has 0 saturated heterocycles. The fourth-order valence-corrected chi connectivity index (χ4v) is 0.987. The molecule has 0 heterocycles. The number of hydrogen-bond acceptors (Lipinski definition) is 1. The number of halogens is 3. The Hall–Kier alpha value is -1.78. The molecule has 0 aromatic heterocycles. The first-order chi connectivity index (χ1) is 6.95. The third-order valence-electron chi connectivity index (χ3n) is 1.71. The summed E-state index contributed by atoms with van der Waals surface area (Å²) in [4.78, 5) is 11.1. The predicted molar refractivity (Wildman–Crippen MR) is 49.1 cm³/mol. The van der Waals surface area contributed by atoms with Gasteiger partial charge in [0.2, 0.25) is 0 Å². The van der Waals surface area contributed by atoms with Gasteiger partial charge in [-0.1, -0.05) is 6.58 Å². The van der Waals surface area contributed by atoms with E-state index in [2.05, 4.69) is 11.9 Å². The molecule has 0 bridgehead atoms. The van der Waals surface area contributed by atoms with E-state index in [1.54, 1.807) is 0 Å². The lowest BCUT2D eigenvalue weighted by Gasteiger charge is -2.06. The SMILES string of the molecule is C=CNC(=O)c1ccc(C(F)(F)F)cc1. The highest BCUT2D eigenvalue weighted by atomic mass is 19.4. The second kappa shape index (κ2) is 4.16. The molecule has 1 rings (SSSR count). The molecule has 2 nitrogen and oxygen atoms in total. The molecule has 1 aromatic rings. The quantitative estimate of drug-likeness (QED) is 0.807. The van der Waals surface area contributed by atoms with Gasteiger partial charge in [-0.15, -0.1) is 0 Å². The molecular formula is C10H8F3NO. The van der Waals surface area contributed by atoms with E-state index < -0.39 is 17.6 Å². The van der Waals surface area contributed by atoms with Gasteiger partial charge < -0.3 is 5.32 Å². The summed E-state index contributed by atoms with van der Waals surface area (Å²) < 4.78 is 36.5. The molecule has 0 aliphatic rings. The summed E-state index contributed by atoms with van der Waals surface area (Å²) in [6, 6.07) is 3.94. The van der Waals surface area contributed by atoms with Crippen LogP contribution < -0.4 is 5.32 Å². The molecule has 80 valence electrons. The van der Waals surface area contributed by atoms with E-state index in [4.69, 9.17) is 0 Å². The van der Waals surface area contributed by atoms with Gasteiger partial charge >= 0.3 is 6.18 Å². The van der Waals surface area contributed by atoms with Crippen LogP contribution in [0.2, 0.25) is 0 Å². The van der Waals surface area contributed by atoms with E-state index in [-0.39, 0.29) is 5.56 Å². The third kappa shape index (κ3) is 2.83. The number of alkyl halides is 3. The molecule has 0 saturated carbocycles. The molecule has 1 aromatic carbocycles. The second-order valence-electron chi connectivity index (χ2n) is 2.75. The van der Waals surface area contributed by atoms with Crippen molar-refractivity contribution in [3.05, 3.63) is 48.2 Å². The van der Waals surface area contributed by atoms with E-state index in [0.717, 1.165) is 24.3 Å².